The van der Waals surface area contributed by atoms with E-state index in [1.165, 1.54) is 18.6 Å². The Kier molecular flexibility index (Phi) is 3.78. The molecule has 1 aliphatic heterocycles. The molecule has 1 aliphatic rings. The van der Waals surface area contributed by atoms with Crippen molar-refractivity contribution in [3.63, 3.8) is 0 Å². The van der Waals surface area contributed by atoms with Crippen LogP contribution in [0, 0.1) is 12.7 Å². The first kappa shape index (κ1) is 13.9. The van der Waals surface area contributed by atoms with Gasteiger partial charge in [-0.3, -0.25) is 4.79 Å². The summed E-state index contributed by atoms with van der Waals surface area (Å²) in [5, 5.41) is 0. The minimum Gasteiger partial charge on any atom is -0.358 e. The van der Waals surface area contributed by atoms with Crippen molar-refractivity contribution in [1.82, 2.24) is 9.88 Å². The van der Waals surface area contributed by atoms with E-state index in [1.54, 1.807) is 12.1 Å². The van der Waals surface area contributed by atoms with Crippen molar-refractivity contribution in [2.45, 2.75) is 26.2 Å². The third-order valence-electron chi connectivity index (χ3n) is 4.04. The Morgan fingerprint density at radius 1 is 1.14 bits per heavy atom. The van der Waals surface area contributed by atoms with Crippen LogP contribution in [0.4, 0.5) is 4.39 Å². The maximum Gasteiger partial charge on any atom is 0.255 e. The summed E-state index contributed by atoms with van der Waals surface area (Å²) in [6.45, 7) is 3.59. The molecule has 1 fully saturated rings. The van der Waals surface area contributed by atoms with E-state index < -0.39 is 0 Å². The van der Waals surface area contributed by atoms with Gasteiger partial charge < -0.3 is 9.88 Å². The Balaban J connectivity index is 1.87. The summed E-state index contributed by atoms with van der Waals surface area (Å²) < 4.78 is 13.0. The number of aryl methyl sites for hydroxylation is 1. The Morgan fingerprint density at radius 2 is 1.81 bits per heavy atom. The highest BCUT2D eigenvalue weighted by Crippen LogP contribution is 2.24. The van der Waals surface area contributed by atoms with Gasteiger partial charge in [-0.25, -0.2) is 4.39 Å². The molecule has 4 heteroatoms. The molecule has 1 saturated heterocycles. The molecule has 0 unspecified atom stereocenters. The first-order valence-corrected chi connectivity index (χ1v) is 7.40. The molecule has 1 aromatic carbocycles. The standard InChI is InChI=1S/C17H19FN2O/c1-12-15(17(21)20-9-3-2-4-10-20)11-16(19-12)13-5-7-14(18)8-6-13/h5-8,11,19H,2-4,9-10H2,1H3. The highest BCUT2D eigenvalue weighted by molar-refractivity contribution is 5.96. The van der Waals surface area contributed by atoms with Crippen LogP contribution >= 0.6 is 0 Å². The molecule has 0 atom stereocenters. The van der Waals surface area contributed by atoms with Gasteiger partial charge in [0.2, 0.25) is 0 Å². The Morgan fingerprint density at radius 3 is 2.48 bits per heavy atom. The summed E-state index contributed by atoms with van der Waals surface area (Å²) >= 11 is 0. The number of likely N-dealkylation sites (tertiary alicyclic amines) is 1. The second kappa shape index (κ2) is 5.72. The van der Waals surface area contributed by atoms with Gasteiger partial charge in [0.15, 0.2) is 0 Å². The molecule has 3 nitrogen and oxygen atoms in total. The van der Waals surface area contributed by atoms with Gasteiger partial charge in [-0.1, -0.05) is 0 Å². The van der Waals surface area contributed by atoms with Crippen LogP contribution < -0.4 is 0 Å². The van der Waals surface area contributed by atoms with Crippen molar-refractivity contribution in [3.05, 3.63) is 47.4 Å². The summed E-state index contributed by atoms with van der Waals surface area (Å²) in [4.78, 5) is 17.7. The van der Waals surface area contributed by atoms with Gasteiger partial charge in [0.05, 0.1) is 5.56 Å². The first-order valence-electron chi connectivity index (χ1n) is 7.40. The maximum atomic E-state index is 13.0. The zero-order valence-electron chi connectivity index (χ0n) is 12.2. The molecule has 1 aromatic heterocycles. The summed E-state index contributed by atoms with van der Waals surface area (Å²) in [5.41, 5.74) is 3.33. The highest BCUT2D eigenvalue weighted by atomic mass is 19.1. The molecule has 0 bridgehead atoms. The molecule has 0 radical (unpaired) electrons. The van der Waals surface area contributed by atoms with Crippen LogP contribution in [-0.2, 0) is 0 Å². The van der Waals surface area contributed by atoms with Crippen LogP contribution in [0.15, 0.2) is 30.3 Å². The van der Waals surface area contributed by atoms with Crippen molar-refractivity contribution < 1.29 is 9.18 Å². The number of halogens is 1. The average molecular weight is 286 g/mol. The predicted molar refractivity (Wildman–Crippen MR) is 80.7 cm³/mol. The molecule has 1 amide bonds. The van der Waals surface area contributed by atoms with E-state index in [4.69, 9.17) is 0 Å². The third kappa shape index (κ3) is 2.84. The van der Waals surface area contributed by atoms with Crippen molar-refractivity contribution in [2.75, 3.05) is 13.1 Å². The topological polar surface area (TPSA) is 36.1 Å². The van der Waals surface area contributed by atoms with Gasteiger partial charge in [-0.05, 0) is 62.1 Å². The van der Waals surface area contributed by atoms with Gasteiger partial charge in [-0.2, -0.15) is 0 Å². The molecule has 3 rings (SSSR count). The predicted octanol–water partition coefficient (Wildman–Crippen LogP) is 3.76. The summed E-state index contributed by atoms with van der Waals surface area (Å²) in [7, 11) is 0. The number of aromatic nitrogens is 1. The van der Waals surface area contributed by atoms with Crippen LogP contribution in [0.1, 0.15) is 35.3 Å². The first-order chi connectivity index (χ1) is 10.1. The van der Waals surface area contributed by atoms with Gasteiger partial charge in [0, 0.05) is 24.5 Å². The normalized spacial score (nSPS) is 15.2. The fourth-order valence-corrected chi connectivity index (χ4v) is 2.83. The van der Waals surface area contributed by atoms with Crippen molar-refractivity contribution >= 4 is 5.91 Å². The highest BCUT2D eigenvalue weighted by Gasteiger charge is 2.21. The van der Waals surface area contributed by atoms with Crippen LogP contribution in [0.3, 0.4) is 0 Å². The van der Waals surface area contributed by atoms with E-state index in [-0.39, 0.29) is 11.7 Å². The number of carbonyl (C=O) groups is 1. The number of hydrogen-bond donors (Lipinski definition) is 1. The Hall–Kier alpha value is -2.10. The minimum absolute atomic E-state index is 0.0943. The number of nitrogens with one attached hydrogen (secondary N) is 1. The Bertz CT molecular complexity index is 639. The van der Waals surface area contributed by atoms with Crippen LogP contribution in [-0.4, -0.2) is 28.9 Å². The lowest BCUT2D eigenvalue weighted by Crippen LogP contribution is -2.35. The Labute approximate surface area is 123 Å². The number of piperidine rings is 1. The largest absolute Gasteiger partial charge is 0.358 e. The monoisotopic (exact) mass is 286 g/mol. The number of carbonyl (C=O) groups excluding carboxylic acids is 1. The zero-order valence-corrected chi connectivity index (χ0v) is 12.2. The number of rotatable bonds is 2. The molecular formula is C17H19FN2O. The average Bonchev–Trinajstić information content (AvgIpc) is 2.90. The molecule has 2 heterocycles. The number of nitrogens with zero attached hydrogens (tertiary/aromatic N) is 1. The number of benzene rings is 1. The quantitative estimate of drug-likeness (QED) is 0.896. The van der Waals surface area contributed by atoms with Crippen molar-refractivity contribution in [1.29, 1.82) is 0 Å². The van der Waals surface area contributed by atoms with E-state index in [0.717, 1.165) is 48.4 Å². The van der Waals surface area contributed by atoms with Crippen molar-refractivity contribution in [2.24, 2.45) is 0 Å². The minimum atomic E-state index is -0.258. The summed E-state index contributed by atoms with van der Waals surface area (Å²) in [6, 6.07) is 8.17. The molecule has 0 aliphatic carbocycles. The fourth-order valence-electron chi connectivity index (χ4n) is 2.83. The van der Waals surface area contributed by atoms with E-state index in [2.05, 4.69) is 4.98 Å². The number of amides is 1. The maximum absolute atomic E-state index is 13.0. The third-order valence-corrected chi connectivity index (χ3v) is 4.04. The lowest BCUT2D eigenvalue weighted by atomic mass is 10.1. The molecule has 2 aromatic rings. The van der Waals surface area contributed by atoms with Gasteiger partial charge in [0.25, 0.3) is 5.91 Å². The second-order valence-electron chi connectivity index (χ2n) is 5.58. The van der Waals surface area contributed by atoms with E-state index in [9.17, 15) is 9.18 Å². The molecular weight excluding hydrogens is 267 g/mol. The van der Waals surface area contributed by atoms with Crippen molar-refractivity contribution in [3.8, 4) is 11.3 Å². The van der Waals surface area contributed by atoms with E-state index in [0.29, 0.717) is 0 Å². The molecule has 110 valence electrons. The lowest BCUT2D eigenvalue weighted by molar-refractivity contribution is 0.0724. The van der Waals surface area contributed by atoms with Gasteiger partial charge in [0.1, 0.15) is 5.82 Å². The lowest BCUT2D eigenvalue weighted by Gasteiger charge is -2.26. The zero-order chi connectivity index (χ0) is 14.8. The number of hydrogen-bond acceptors (Lipinski definition) is 1. The second-order valence-corrected chi connectivity index (χ2v) is 5.58. The van der Waals surface area contributed by atoms with E-state index in [1.807, 2.05) is 17.9 Å². The fraction of sp³-hybridized carbons (Fsp3) is 0.353. The van der Waals surface area contributed by atoms with Gasteiger partial charge >= 0.3 is 0 Å². The van der Waals surface area contributed by atoms with Crippen LogP contribution in [0.25, 0.3) is 11.3 Å². The molecule has 0 saturated carbocycles. The van der Waals surface area contributed by atoms with Crippen LogP contribution in [0.5, 0.6) is 0 Å². The SMILES string of the molecule is Cc1[nH]c(-c2ccc(F)cc2)cc1C(=O)N1CCCCC1. The smallest absolute Gasteiger partial charge is 0.255 e. The molecule has 1 N–H and O–H groups in total. The van der Waals surface area contributed by atoms with E-state index >= 15 is 0 Å². The summed E-state index contributed by atoms with van der Waals surface area (Å²) in [5.74, 6) is -0.163. The van der Waals surface area contributed by atoms with Gasteiger partial charge in [-0.15, -0.1) is 0 Å². The number of aromatic amines is 1. The molecule has 0 spiro atoms. The van der Waals surface area contributed by atoms with Crippen LogP contribution in [0.2, 0.25) is 0 Å². The summed E-state index contributed by atoms with van der Waals surface area (Å²) in [6.07, 6.45) is 3.37. The number of H-pyrrole nitrogens is 1. The molecule has 21 heavy (non-hydrogen) atoms.